The van der Waals surface area contributed by atoms with Crippen molar-refractivity contribution in [3.63, 3.8) is 0 Å². The van der Waals surface area contributed by atoms with Crippen molar-refractivity contribution in [2.24, 2.45) is 0 Å². The number of aromatic nitrogens is 4. The summed E-state index contributed by atoms with van der Waals surface area (Å²) in [5.74, 6) is -0.436. The van der Waals surface area contributed by atoms with Gasteiger partial charge < -0.3 is 10.5 Å². The second kappa shape index (κ2) is 5.40. The molecule has 0 bridgehead atoms. The van der Waals surface area contributed by atoms with Crippen molar-refractivity contribution in [1.82, 2.24) is 19.7 Å². The molecule has 0 aliphatic rings. The fraction of sp³-hybridized carbons (Fsp3) is 0.143. The molecule has 0 saturated heterocycles. The Bertz CT molecular complexity index is 909. The van der Waals surface area contributed by atoms with Crippen LogP contribution < -0.4 is 10.9 Å². The van der Waals surface area contributed by atoms with Crippen LogP contribution in [0.1, 0.15) is 11.3 Å². The Hall–Kier alpha value is -3.03. The summed E-state index contributed by atoms with van der Waals surface area (Å²) >= 11 is 0. The third-order valence-corrected chi connectivity index (χ3v) is 3.21. The van der Waals surface area contributed by atoms with Gasteiger partial charge in [0.05, 0.1) is 23.0 Å². The molecule has 0 atom stereocenters. The third kappa shape index (κ3) is 2.46. The lowest BCUT2D eigenvalue weighted by Crippen LogP contribution is -2.20. The van der Waals surface area contributed by atoms with Crippen LogP contribution in [-0.4, -0.2) is 24.9 Å². The summed E-state index contributed by atoms with van der Waals surface area (Å²) in [4.78, 5) is 23.5. The van der Waals surface area contributed by atoms with E-state index in [1.165, 1.54) is 24.7 Å². The van der Waals surface area contributed by atoms with Crippen LogP contribution in [0.4, 0.5) is 10.1 Å². The van der Waals surface area contributed by atoms with Crippen molar-refractivity contribution >= 4 is 16.7 Å². The number of nitrogens with one attached hydrogen (secondary N) is 1. The minimum absolute atomic E-state index is 0.111. The predicted molar refractivity (Wildman–Crippen MR) is 77.2 cm³/mol. The molecule has 0 radical (unpaired) electrons. The van der Waals surface area contributed by atoms with Crippen LogP contribution >= 0.6 is 0 Å². The molecule has 0 spiro atoms. The lowest BCUT2D eigenvalue weighted by atomic mass is 10.2. The molecule has 3 aromatic rings. The van der Waals surface area contributed by atoms with Crippen molar-refractivity contribution in [2.45, 2.75) is 13.5 Å². The number of pyridine rings is 2. The topological polar surface area (TPSA) is 92.9 Å². The number of nitrogens with zero attached hydrogens (tertiary/aromatic N) is 4. The van der Waals surface area contributed by atoms with E-state index in [-0.39, 0.29) is 12.2 Å². The summed E-state index contributed by atoms with van der Waals surface area (Å²) in [7, 11) is 0. The van der Waals surface area contributed by atoms with Crippen LogP contribution in [0.2, 0.25) is 0 Å². The number of halogens is 1. The highest BCUT2D eigenvalue weighted by Gasteiger charge is 2.12. The van der Waals surface area contributed by atoms with E-state index in [1.54, 1.807) is 6.92 Å². The van der Waals surface area contributed by atoms with Crippen LogP contribution in [0.25, 0.3) is 11.0 Å². The molecule has 0 aliphatic heterocycles. The molecule has 0 fully saturated rings. The average Bonchev–Trinajstić information content (AvgIpc) is 2.50. The summed E-state index contributed by atoms with van der Waals surface area (Å²) in [6.07, 6.45) is 3.91. The van der Waals surface area contributed by atoms with Crippen molar-refractivity contribution in [3.05, 3.63) is 58.3 Å². The van der Waals surface area contributed by atoms with Gasteiger partial charge in [-0.3, -0.25) is 9.78 Å². The first kappa shape index (κ1) is 13.9. The van der Waals surface area contributed by atoms with Crippen LogP contribution in [0.5, 0.6) is 0 Å². The zero-order valence-electron chi connectivity index (χ0n) is 11.6. The number of aryl methyl sites for hydroxylation is 1. The SMILES string of the molecule is Cc1ncnc2c1c(NCc1cncc(F)c1)cc(=O)n2O. The molecule has 22 heavy (non-hydrogen) atoms. The zero-order chi connectivity index (χ0) is 15.7. The van der Waals surface area contributed by atoms with Crippen LogP contribution in [0.3, 0.4) is 0 Å². The molecular formula is C14H12FN5O2. The Morgan fingerprint density at radius 3 is 2.91 bits per heavy atom. The molecule has 0 aromatic carbocycles. The van der Waals surface area contributed by atoms with Gasteiger partial charge in [-0.2, -0.15) is 0 Å². The average molecular weight is 301 g/mol. The lowest BCUT2D eigenvalue weighted by molar-refractivity contribution is 0.186. The maximum absolute atomic E-state index is 13.1. The summed E-state index contributed by atoms with van der Waals surface area (Å²) < 4.78 is 13.6. The van der Waals surface area contributed by atoms with Crippen LogP contribution in [0.15, 0.2) is 35.6 Å². The van der Waals surface area contributed by atoms with E-state index in [2.05, 4.69) is 20.3 Å². The molecule has 7 nitrogen and oxygen atoms in total. The van der Waals surface area contributed by atoms with Gasteiger partial charge in [-0.05, 0) is 18.6 Å². The normalized spacial score (nSPS) is 10.8. The Balaban J connectivity index is 2.04. The largest absolute Gasteiger partial charge is 0.423 e. The first-order valence-corrected chi connectivity index (χ1v) is 6.46. The minimum Gasteiger partial charge on any atom is -0.423 e. The first-order chi connectivity index (χ1) is 10.6. The maximum atomic E-state index is 13.1. The molecule has 112 valence electrons. The summed E-state index contributed by atoms with van der Waals surface area (Å²) in [6.45, 7) is 2.01. The van der Waals surface area contributed by atoms with E-state index in [9.17, 15) is 14.4 Å². The summed E-state index contributed by atoms with van der Waals surface area (Å²) in [5.41, 5.74) is 1.18. The van der Waals surface area contributed by atoms with Crippen molar-refractivity contribution in [1.29, 1.82) is 0 Å². The van der Waals surface area contributed by atoms with Crippen LogP contribution in [-0.2, 0) is 6.54 Å². The van der Waals surface area contributed by atoms with Gasteiger partial charge in [-0.15, -0.1) is 4.73 Å². The van der Waals surface area contributed by atoms with Gasteiger partial charge in [0.15, 0.2) is 5.65 Å². The smallest absolute Gasteiger partial charge is 0.286 e. The Morgan fingerprint density at radius 1 is 1.32 bits per heavy atom. The molecule has 0 amide bonds. The second-order valence-corrected chi connectivity index (χ2v) is 4.73. The number of hydrogen-bond donors (Lipinski definition) is 2. The molecule has 2 N–H and O–H groups in total. The van der Waals surface area contributed by atoms with Gasteiger partial charge >= 0.3 is 0 Å². The van der Waals surface area contributed by atoms with Gasteiger partial charge in [-0.1, -0.05) is 0 Å². The minimum atomic E-state index is -0.620. The lowest BCUT2D eigenvalue weighted by Gasteiger charge is -2.12. The van der Waals surface area contributed by atoms with Gasteiger partial charge in [0.25, 0.3) is 5.56 Å². The number of rotatable bonds is 3. The van der Waals surface area contributed by atoms with E-state index < -0.39 is 11.4 Å². The Morgan fingerprint density at radius 2 is 2.14 bits per heavy atom. The molecule has 0 unspecified atom stereocenters. The van der Waals surface area contributed by atoms with Gasteiger partial charge in [0, 0.05) is 18.8 Å². The molecule has 3 heterocycles. The molecular weight excluding hydrogens is 289 g/mol. The van der Waals surface area contributed by atoms with Gasteiger partial charge in [0.1, 0.15) is 12.1 Å². The standard InChI is InChI=1S/C14H12FN5O2/c1-8-13-11(17-5-9-2-10(15)6-16-4-9)3-12(21)20(22)14(13)19-7-18-8/h2-4,6-7,17,22H,5H2,1H3. The van der Waals surface area contributed by atoms with Gasteiger partial charge in [-0.25, -0.2) is 14.4 Å². The van der Waals surface area contributed by atoms with Crippen LogP contribution in [0, 0.1) is 12.7 Å². The molecule has 3 rings (SSSR count). The number of anilines is 1. The van der Waals surface area contributed by atoms with E-state index in [4.69, 9.17) is 0 Å². The molecule has 8 heteroatoms. The third-order valence-electron chi connectivity index (χ3n) is 3.21. The monoisotopic (exact) mass is 301 g/mol. The molecule has 0 saturated carbocycles. The Kier molecular flexibility index (Phi) is 3.42. The highest BCUT2D eigenvalue weighted by Crippen LogP contribution is 2.22. The highest BCUT2D eigenvalue weighted by molar-refractivity contribution is 5.90. The fourth-order valence-electron chi connectivity index (χ4n) is 2.19. The fourth-order valence-corrected chi connectivity index (χ4v) is 2.19. The second-order valence-electron chi connectivity index (χ2n) is 4.73. The highest BCUT2D eigenvalue weighted by atomic mass is 19.1. The quantitative estimate of drug-likeness (QED) is 0.712. The zero-order valence-corrected chi connectivity index (χ0v) is 11.6. The van der Waals surface area contributed by atoms with Crippen molar-refractivity contribution < 1.29 is 9.60 Å². The molecule has 0 aliphatic carbocycles. The number of hydrogen-bond acceptors (Lipinski definition) is 6. The van der Waals surface area contributed by atoms with Crippen molar-refractivity contribution in [2.75, 3.05) is 5.32 Å². The first-order valence-electron chi connectivity index (χ1n) is 6.46. The number of fused-ring (bicyclic) bond motifs is 1. The van der Waals surface area contributed by atoms with E-state index >= 15 is 0 Å². The van der Waals surface area contributed by atoms with Crippen molar-refractivity contribution in [3.8, 4) is 0 Å². The van der Waals surface area contributed by atoms with E-state index in [0.717, 1.165) is 6.20 Å². The summed E-state index contributed by atoms with van der Waals surface area (Å²) in [5, 5.41) is 13.3. The summed E-state index contributed by atoms with van der Waals surface area (Å²) in [6, 6.07) is 2.59. The van der Waals surface area contributed by atoms with E-state index in [0.29, 0.717) is 27.1 Å². The van der Waals surface area contributed by atoms with Gasteiger partial charge in [0.2, 0.25) is 0 Å². The molecule has 3 aromatic heterocycles. The Labute approximate surface area is 124 Å². The maximum Gasteiger partial charge on any atom is 0.286 e. The van der Waals surface area contributed by atoms with E-state index in [1.807, 2.05) is 0 Å². The predicted octanol–water partition coefficient (Wildman–Crippen LogP) is 1.48.